The largest absolute Gasteiger partial charge is 0.489 e. The van der Waals surface area contributed by atoms with Crippen molar-refractivity contribution in [3.8, 4) is 22.6 Å². The summed E-state index contributed by atoms with van der Waals surface area (Å²) in [6.45, 7) is 2.39. The second-order valence-electron chi connectivity index (χ2n) is 7.32. The number of ether oxygens (including phenoxy) is 2. The molecule has 0 radical (unpaired) electrons. The minimum absolute atomic E-state index is 0.113. The van der Waals surface area contributed by atoms with Crippen molar-refractivity contribution >= 4 is 38.8 Å². The van der Waals surface area contributed by atoms with Crippen molar-refractivity contribution in [1.82, 2.24) is 9.97 Å². The Bertz CT molecular complexity index is 1450. The van der Waals surface area contributed by atoms with E-state index in [0.29, 0.717) is 45.3 Å². The van der Waals surface area contributed by atoms with Crippen molar-refractivity contribution in [1.29, 1.82) is 0 Å². The summed E-state index contributed by atoms with van der Waals surface area (Å²) in [7, 11) is -3.36. The maximum absolute atomic E-state index is 11.7. The van der Waals surface area contributed by atoms with Crippen LogP contribution in [0.3, 0.4) is 0 Å². The van der Waals surface area contributed by atoms with E-state index in [2.05, 4.69) is 9.97 Å². The highest BCUT2D eigenvalue weighted by Crippen LogP contribution is 2.41. The normalized spacial score (nSPS) is 11.5. The molecular weight excluding hydrogens is 464 g/mol. The number of sulfone groups is 1. The van der Waals surface area contributed by atoms with Gasteiger partial charge in [0.05, 0.1) is 11.5 Å². The lowest BCUT2D eigenvalue weighted by atomic mass is 10.00. The molecule has 0 atom stereocenters. The van der Waals surface area contributed by atoms with E-state index in [1.165, 1.54) is 12.1 Å². The molecule has 0 aliphatic rings. The molecule has 4 aromatic rings. The van der Waals surface area contributed by atoms with Gasteiger partial charge in [0.25, 0.3) is 0 Å². The second-order valence-corrected chi connectivity index (χ2v) is 9.75. The Hall–Kier alpha value is -3.36. The first-order valence-electron chi connectivity index (χ1n) is 10.1. The van der Waals surface area contributed by atoms with Crippen molar-refractivity contribution in [2.75, 3.05) is 12.9 Å². The Balaban J connectivity index is 1.73. The molecular formula is C24H21ClN2O5S. The predicted molar refractivity (Wildman–Crippen MR) is 127 cm³/mol. The molecule has 1 N–H and O–H groups in total. The maximum atomic E-state index is 11.7. The number of carbonyl (C=O) groups excluding carboxylic acids is 1. The number of hydrogen-bond acceptors (Lipinski definition) is 6. The van der Waals surface area contributed by atoms with Gasteiger partial charge in [-0.2, -0.15) is 0 Å². The van der Waals surface area contributed by atoms with Crippen molar-refractivity contribution in [2.45, 2.75) is 18.4 Å². The topological polar surface area (TPSA) is 98.3 Å². The van der Waals surface area contributed by atoms with Gasteiger partial charge in [-0.05, 0) is 36.8 Å². The SMILES string of the molecule is CCOc1c(OCc2ccc(S(C)(=O)=O)cc2Cl)cccc1-c1ccnc2[nH]cc(C=O)c12. The van der Waals surface area contributed by atoms with Gasteiger partial charge >= 0.3 is 0 Å². The van der Waals surface area contributed by atoms with E-state index in [1.807, 2.05) is 25.1 Å². The molecule has 9 heteroatoms. The Labute approximate surface area is 196 Å². The van der Waals surface area contributed by atoms with Crippen LogP contribution in [0.5, 0.6) is 11.5 Å². The fraction of sp³-hybridized carbons (Fsp3) is 0.167. The number of benzene rings is 2. The van der Waals surface area contributed by atoms with E-state index in [9.17, 15) is 13.2 Å². The summed E-state index contributed by atoms with van der Waals surface area (Å²) in [6.07, 6.45) is 5.20. The van der Waals surface area contributed by atoms with Crippen LogP contribution in [0.4, 0.5) is 0 Å². The number of rotatable bonds is 8. The number of aromatic amines is 1. The lowest BCUT2D eigenvalue weighted by molar-refractivity contribution is 0.112. The predicted octanol–water partition coefficient (Wildman–Crippen LogP) is 5.08. The van der Waals surface area contributed by atoms with E-state index in [4.69, 9.17) is 21.1 Å². The number of pyridine rings is 1. The van der Waals surface area contributed by atoms with Gasteiger partial charge in [-0.25, -0.2) is 13.4 Å². The van der Waals surface area contributed by atoms with Crippen LogP contribution in [0, 0.1) is 0 Å². The minimum Gasteiger partial charge on any atom is -0.489 e. The fourth-order valence-electron chi connectivity index (χ4n) is 3.57. The summed E-state index contributed by atoms with van der Waals surface area (Å²) >= 11 is 6.30. The molecule has 4 rings (SSSR count). The third kappa shape index (κ3) is 4.58. The number of hydrogen-bond donors (Lipinski definition) is 1. The molecule has 0 unspecified atom stereocenters. The number of nitrogens with one attached hydrogen (secondary N) is 1. The quantitative estimate of drug-likeness (QED) is 0.350. The molecule has 0 fully saturated rings. The summed E-state index contributed by atoms with van der Waals surface area (Å²) in [5.74, 6) is 1.01. The van der Waals surface area contributed by atoms with Crippen LogP contribution in [-0.2, 0) is 16.4 Å². The molecule has 33 heavy (non-hydrogen) atoms. The fourth-order valence-corrected chi connectivity index (χ4v) is 4.51. The van der Waals surface area contributed by atoms with Gasteiger partial charge in [-0.15, -0.1) is 0 Å². The number of fused-ring (bicyclic) bond motifs is 1. The van der Waals surface area contributed by atoms with E-state index in [0.717, 1.165) is 23.7 Å². The average molecular weight is 485 g/mol. The van der Waals surface area contributed by atoms with Gasteiger partial charge in [-0.3, -0.25) is 4.79 Å². The first-order chi connectivity index (χ1) is 15.8. The standard InChI is InChI=1S/C24H21ClN2O5S/c1-3-31-23-19(18-9-10-26-24-22(18)16(13-28)12-27-24)5-4-6-21(23)32-14-15-7-8-17(11-20(15)25)33(2,29)30/h4-13H,3,14H2,1-2H3,(H,26,27). The van der Waals surface area contributed by atoms with Crippen LogP contribution < -0.4 is 9.47 Å². The third-order valence-electron chi connectivity index (χ3n) is 5.12. The average Bonchev–Trinajstić information content (AvgIpc) is 3.22. The Morgan fingerprint density at radius 1 is 1.12 bits per heavy atom. The molecule has 0 saturated carbocycles. The van der Waals surface area contributed by atoms with E-state index in [-0.39, 0.29) is 11.5 Å². The van der Waals surface area contributed by atoms with Gasteiger partial charge < -0.3 is 14.5 Å². The zero-order chi connectivity index (χ0) is 23.6. The molecule has 7 nitrogen and oxygen atoms in total. The van der Waals surface area contributed by atoms with Gasteiger partial charge in [0.1, 0.15) is 12.3 Å². The van der Waals surface area contributed by atoms with Crippen LogP contribution >= 0.6 is 11.6 Å². The van der Waals surface area contributed by atoms with Crippen molar-refractivity contribution < 1.29 is 22.7 Å². The highest BCUT2D eigenvalue weighted by atomic mass is 35.5. The smallest absolute Gasteiger partial charge is 0.175 e. The molecule has 0 aliphatic carbocycles. The van der Waals surface area contributed by atoms with Crippen LogP contribution in [0.15, 0.2) is 59.8 Å². The summed E-state index contributed by atoms with van der Waals surface area (Å²) in [4.78, 5) is 19.0. The number of para-hydroxylation sites is 1. The summed E-state index contributed by atoms with van der Waals surface area (Å²) in [5.41, 5.74) is 3.27. The van der Waals surface area contributed by atoms with Crippen molar-refractivity contribution in [2.24, 2.45) is 0 Å². The highest BCUT2D eigenvalue weighted by Gasteiger charge is 2.18. The molecule has 0 saturated heterocycles. The molecule has 170 valence electrons. The first-order valence-corrected chi connectivity index (χ1v) is 12.4. The number of H-pyrrole nitrogens is 1. The molecule has 2 aromatic heterocycles. The number of carbonyl (C=O) groups is 1. The minimum atomic E-state index is -3.36. The molecule has 2 aromatic carbocycles. The number of halogens is 1. The van der Waals surface area contributed by atoms with Crippen LogP contribution in [0.25, 0.3) is 22.2 Å². The molecule has 0 amide bonds. The zero-order valence-electron chi connectivity index (χ0n) is 18.0. The maximum Gasteiger partial charge on any atom is 0.175 e. The highest BCUT2D eigenvalue weighted by molar-refractivity contribution is 7.90. The molecule has 0 aliphatic heterocycles. The van der Waals surface area contributed by atoms with Crippen molar-refractivity contribution in [3.63, 3.8) is 0 Å². The Kier molecular flexibility index (Phi) is 6.40. The summed E-state index contributed by atoms with van der Waals surface area (Å²) in [6, 6.07) is 11.9. The number of aromatic nitrogens is 2. The zero-order valence-corrected chi connectivity index (χ0v) is 19.5. The Morgan fingerprint density at radius 2 is 1.94 bits per heavy atom. The van der Waals surface area contributed by atoms with E-state index < -0.39 is 9.84 Å². The van der Waals surface area contributed by atoms with Crippen LogP contribution in [-0.4, -0.2) is 37.5 Å². The van der Waals surface area contributed by atoms with Gasteiger partial charge in [0.15, 0.2) is 27.6 Å². The van der Waals surface area contributed by atoms with Gasteiger partial charge in [-0.1, -0.05) is 29.8 Å². The van der Waals surface area contributed by atoms with Gasteiger partial charge in [0, 0.05) is 45.7 Å². The summed E-state index contributed by atoms with van der Waals surface area (Å²) in [5, 5.41) is 0.996. The van der Waals surface area contributed by atoms with E-state index in [1.54, 1.807) is 24.5 Å². The monoisotopic (exact) mass is 484 g/mol. The molecule has 0 spiro atoms. The van der Waals surface area contributed by atoms with Crippen LogP contribution in [0.1, 0.15) is 22.8 Å². The Morgan fingerprint density at radius 3 is 2.64 bits per heavy atom. The lowest BCUT2D eigenvalue weighted by Gasteiger charge is -2.17. The summed E-state index contributed by atoms with van der Waals surface area (Å²) < 4.78 is 35.5. The second kappa shape index (κ2) is 9.25. The van der Waals surface area contributed by atoms with Gasteiger partial charge in [0.2, 0.25) is 0 Å². The number of nitrogens with zero attached hydrogens (tertiary/aromatic N) is 1. The number of aldehydes is 1. The van der Waals surface area contributed by atoms with E-state index >= 15 is 0 Å². The third-order valence-corrected chi connectivity index (χ3v) is 6.59. The molecule has 2 heterocycles. The lowest BCUT2D eigenvalue weighted by Crippen LogP contribution is -2.03. The molecule has 0 bridgehead atoms. The first kappa shape index (κ1) is 22.8. The van der Waals surface area contributed by atoms with Crippen LogP contribution in [0.2, 0.25) is 5.02 Å². The van der Waals surface area contributed by atoms with Crippen molar-refractivity contribution in [3.05, 3.63) is 71.0 Å².